The molecule has 0 spiro atoms. The van der Waals surface area contributed by atoms with Gasteiger partial charge in [-0.3, -0.25) is 10.1 Å². The fourth-order valence-electron chi connectivity index (χ4n) is 2.87. The largest absolute Gasteiger partial charge is 0.453 e. The van der Waals surface area contributed by atoms with Crippen LogP contribution >= 0.6 is 0 Å². The third kappa shape index (κ3) is 3.35. The Kier molecular flexibility index (Phi) is 4.47. The minimum absolute atomic E-state index is 0.0271. The predicted molar refractivity (Wildman–Crippen MR) is 92.5 cm³/mol. The Labute approximate surface area is 144 Å². The van der Waals surface area contributed by atoms with Gasteiger partial charge in [-0.2, -0.15) is 5.10 Å². The SMILES string of the molecule is CN(C)/N=C(/C[C@@H]1OC(=O)c2ccccc21)c1ccccc1[N+](=O)[O-]. The minimum atomic E-state index is -0.512. The lowest BCUT2D eigenvalue weighted by Crippen LogP contribution is -2.15. The van der Waals surface area contributed by atoms with Crippen molar-refractivity contribution >= 4 is 17.4 Å². The average molecular weight is 339 g/mol. The van der Waals surface area contributed by atoms with Crippen LogP contribution in [0.1, 0.15) is 34.0 Å². The maximum absolute atomic E-state index is 12.0. The third-order valence-corrected chi connectivity index (χ3v) is 3.89. The van der Waals surface area contributed by atoms with Crippen molar-refractivity contribution in [3.05, 3.63) is 75.3 Å². The van der Waals surface area contributed by atoms with Gasteiger partial charge in [0.1, 0.15) is 6.10 Å². The number of benzene rings is 2. The summed E-state index contributed by atoms with van der Waals surface area (Å²) >= 11 is 0. The molecule has 2 aromatic carbocycles. The molecule has 0 radical (unpaired) electrons. The molecule has 0 aromatic heterocycles. The van der Waals surface area contributed by atoms with E-state index in [1.165, 1.54) is 6.07 Å². The molecule has 0 fully saturated rings. The normalized spacial score (nSPS) is 16.3. The van der Waals surface area contributed by atoms with Gasteiger partial charge < -0.3 is 9.75 Å². The second-order valence-electron chi connectivity index (χ2n) is 5.85. The lowest BCUT2D eigenvalue weighted by atomic mass is 9.97. The number of carbonyl (C=O) groups is 1. The molecular formula is C18H17N3O4. The van der Waals surface area contributed by atoms with E-state index in [-0.39, 0.29) is 18.1 Å². The van der Waals surface area contributed by atoms with E-state index >= 15 is 0 Å². The molecule has 0 bridgehead atoms. The number of esters is 1. The number of cyclic esters (lactones) is 1. The van der Waals surface area contributed by atoms with Crippen LogP contribution < -0.4 is 0 Å². The number of nitrogens with zero attached hydrogens (tertiary/aromatic N) is 3. The van der Waals surface area contributed by atoms with E-state index in [4.69, 9.17) is 4.74 Å². The fraction of sp³-hybridized carbons (Fsp3) is 0.222. The van der Waals surface area contributed by atoms with Crippen LogP contribution in [0.4, 0.5) is 5.69 Å². The number of ether oxygens (including phenoxy) is 1. The summed E-state index contributed by atoms with van der Waals surface area (Å²) < 4.78 is 5.46. The van der Waals surface area contributed by atoms with Gasteiger partial charge in [0, 0.05) is 32.1 Å². The second kappa shape index (κ2) is 6.72. The van der Waals surface area contributed by atoms with Crippen molar-refractivity contribution in [1.82, 2.24) is 5.01 Å². The van der Waals surface area contributed by atoms with Crippen LogP contribution in [0, 0.1) is 10.1 Å². The number of rotatable bonds is 5. The Morgan fingerprint density at radius 2 is 1.88 bits per heavy atom. The van der Waals surface area contributed by atoms with Gasteiger partial charge in [0.05, 0.1) is 21.8 Å². The first-order valence-corrected chi connectivity index (χ1v) is 7.76. The molecule has 2 aromatic rings. The zero-order valence-corrected chi connectivity index (χ0v) is 13.9. The second-order valence-corrected chi connectivity index (χ2v) is 5.85. The summed E-state index contributed by atoms with van der Waals surface area (Å²) in [5.74, 6) is -0.382. The molecule has 1 heterocycles. The van der Waals surface area contributed by atoms with Gasteiger partial charge in [0.25, 0.3) is 5.69 Å². The minimum Gasteiger partial charge on any atom is -0.453 e. The number of para-hydroxylation sites is 1. The molecule has 3 rings (SSSR count). The Hall–Kier alpha value is -3.22. The molecule has 1 atom stereocenters. The Morgan fingerprint density at radius 3 is 2.60 bits per heavy atom. The molecule has 0 amide bonds. The summed E-state index contributed by atoms with van der Waals surface area (Å²) in [6, 6.07) is 13.6. The average Bonchev–Trinajstić information content (AvgIpc) is 2.90. The van der Waals surface area contributed by atoms with Crippen LogP contribution in [-0.2, 0) is 4.74 Å². The molecule has 0 unspecified atom stereocenters. The van der Waals surface area contributed by atoms with Crippen molar-refractivity contribution in [1.29, 1.82) is 0 Å². The topological polar surface area (TPSA) is 85.0 Å². The first kappa shape index (κ1) is 16.6. The maximum Gasteiger partial charge on any atom is 0.339 e. The van der Waals surface area contributed by atoms with Crippen LogP contribution in [0.15, 0.2) is 53.6 Å². The molecular weight excluding hydrogens is 322 g/mol. The van der Waals surface area contributed by atoms with Gasteiger partial charge in [0.2, 0.25) is 0 Å². The van der Waals surface area contributed by atoms with Crippen molar-refractivity contribution in [2.24, 2.45) is 5.10 Å². The van der Waals surface area contributed by atoms with Crippen molar-refractivity contribution in [3.63, 3.8) is 0 Å². The van der Waals surface area contributed by atoms with Gasteiger partial charge in [-0.1, -0.05) is 30.3 Å². The van der Waals surface area contributed by atoms with E-state index < -0.39 is 11.0 Å². The van der Waals surface area contributed by atoms with Crippen LogP contribution in [0.25, 0.3) is 0 Å². The number of nitro benzene ring substituents is 1. The van der Waals surface area contributed by atoms with Crippen LogP contribution in [0.3, 0.4) is 0 Å². The number of hydrogen-bond acceptors (Lipinski definition) is 6. The van der Waals surface area contributed by atoms with Crippen LogP contribution in [0.2, 0.25) is 0 Å². The highest BCUT2D eigenvalue weighted by molar-refractivity contribution is 6.05. The summed E-state index contributed by atoms with van der Waals surface area (Å²) in [6.07, 6.45) is -0.256. The third-order valence-electron chi connectivity index (χ3n) is 3.89. The summed E-state index contributed by atoms with van der Waals surface area (Å²) in [5.41, 5.74) is 2.19. The summed E-state index contributed by atoms with van der Waals surface area (Å²) in [6.45, 7) is 0. The molecule has 25 heavy (non-hydrogen) atoms. The standard InChI is InChI=1S/C18H17N3O4/c1-20(2)19-15(14-9-5-6-10-16(14)21(23)24)11-17-12-7-3-4-8-13(12)18(22)25-17/h3-10,17H,11H2,1-2H3/b19-15-/t17-/m0/s1. The Bertz CT molecular complexity index is 861. The van der Waals surface area contributed by atoms with E-state index in [1.807, 2.05) is 12.1 Å². The van der Waals surface area contributed by atoms with E-state index in [2.05, 4.69) is 5.10 Å². The van der Waals surface area contributed by atoms with E-state index in [0.717, 1.165) is 5.56 Å². The smallest absolute Gasteiger partial charge is 0.339 e. The van der Waals surface area contributed by atoms with Gasteiger partial charge >= 0.3 is 5.97 Å². The van der Waals surface area contributed by atoms with E-state index in [0.29, 0.717) is 16.8 Å². The summed E-state index contributed by atoms with van der Waals surface area (Å²) in [4.78, 5) is 22.9. The highest BCUT2D eigenvalue weighted by Crippen LogP contribution is 2.35. The molecule has 1 aliphatic rings. The first-order chi connectivity index (χ1) is 12.0. The molecule has 0 saturated carbocycles. The van der Waals surface area contributed by atoms with Gasteiger partial charge in [-0.25, -0.2) is 4.79 Å². The molecule has 1 aliphatic heterocycles. The number of hydrazone groups is 1. The lowest BCUT2D eigenvalue weighted by molar-refractivity contribution is -0.385. The first-order valence-electron chi connectivity index (χ1n) is 7.76. The van der Waals surface area contributed by atoms with Gasteiger partial charge in [-0.15, -0.1) is 0 Å². The highest BCUT2D eigenvalue weighted by Gasteiger charge is 2.33. The van der Waals surface area contributed by atoms with Crippen LogP contribution in [-0.4, -0.2) is 35.7 Å². The molecule has 0 aliphatic carbocycles. The van der Waals surface area contributed by atoms with Gasteiger partial charge in [0.15, 0.2) is 0 Å². The van der Waals surface area contributed by atoms with Gasteiger partial charge in [-0.05, 0) is 12.1 Å². The highest BCUT2D eigenvalue weighted by atomic mass is 16.6. The summed E-state index contributed by atoms with van der Waals surface area (Å²) in [5, 5.41) is 17.3. The number of nitro groups is 1. The van der Waals surface area contributed by atoms with Crippen molar-refractivity contribution in [2.45, 2.75) is 12.5 Å². The Balaban J connectivity index is 2.00. The summed E-state index contributed by atoms with van der Waals surface area (Å²) in [7, 11) is 3.48. The van der Waals surface area contributed by atoms with Crippen molar-refractivity contribution in [2.75, 3.05) is 14.1 Å². The van der Waals surface area contributed by atoms with E-state index in [1.54, 1.807) is 49.4 Å². The van der Waals surface area contributed by atoms with Crippen molar-refractivity contribution in [3.8, 4) is 0 Å². The molecule has 128 valence electrons. The monoisotopic (exact) mass is 339 g/mol. The molecule has 0 N–H and O–H groups in total. The predicted octanol–water partition coefficient (Wildman–Crippen LogP) is 3.16. The lowest BCUT2D eigenvalue weighted by Gasteiger charge is -2.15. The maximum atomic E-state index is 12.0. The quantitative estimate of drug-likeness (QED) is 0.361. The molecule has 7 heteroatoms. The number of hydrogen-bond donors (Lipinski definition) is 0. The molecule has 0 saturated heterocycles. The Morgan fingerprint density at radius 1 is 1.20 bits per heavy atom. The molecule has 7 nitrogen and oxygen atoms in total. The zero-order valence-electron chi connectivity index (χ0n) is 13.9. The zero-order chi connectivity index (χ0) is 18.0. The number of fused-ring (bicyclic) bond motifs is 1. The van der Waals surface area contributed by atoms with Crippen molar-refractivity contribution < 1.29 is 14.5 Å². The van der Waals surface area contributed by atoms with Crippen LogP contribution in [0.5, 0.6) is 0 Å². The number of carbonyl (C=O) groups excluding carboxylic acids is 1. The van der Waals surface area contributed by atoms with E-state index in [9.17, 15) is 14.9 Å². The fourth-order valence-corrected chi connectivity index (χ4v) is 2.87.